The van der Waals surface area contributed by atoms with Gasteiger partial charge in [-0.05, 0) is 17.5 Å². The van der Waals surface area contributed by atoms with E-state index in [1.165, 1.54) is 6.20 Å². The Labute approximate surface area is 141 Å². The van der Waals surface area contributed by atoms with Crippen LogP contribution in [-0.2, 0) is 5.54 Å². The molecule has 0 spiro atoms. The second-order valence-corrected chi connectivity index (χ2v) is 5.98. The molecule has 0 aliphatic carbocycles. The van der Waals surface area contributed by atoms with Gasteiger partial charge in [-0.3, -0.25) is 10.1 Å². The minimum absolute atomic E-state index is 0.0579. The molecule has 0 aromatic heterocycles. The molecule has 1 aliphatic heterocycles. The molecule has 5 nitrogen and oxygen atoms in total. The first-order valence-electron chi connectivity index (χ1n) is 7.98. The smallest absolute Gasteiger partial charge is 0.250 e. The first kappa shape index (κ1) is 16.2. The zero-order valence-corrected chi connectivity index (χ0v) is 13.3. The fourth-order valence-electron chi connectivity index (χ4n) is 3.76. The molecule has 1 heterocycles. The highest BCUT2D eigenvalue weighted by Gasteiger charge is 2.49. The normalized spacial score (nSPS) is 23.7. The van der Waals surface area contributed by atoms with Crippen molar-refractivity contribution in [3.63, 3.8) is 0 Å². The first-order valence-corrected chi connectivity index (χ1v) is 7.98. The van der Waals surface area contributed by atoms with Gasteiger partial charge in [-0.1, -0.05) is 60.7 Å². The predicted molar refractivity (Wildman–Crippen MR) is 91.8 cm³/mol. The molecule has 2 unspecified atom stereocenters. The van der Waals surface area contributed by atoms with Crippen LogP contribution < -0.4 is 0 Å². The molecule has 5 heteroatoms. The Balaban J connectivity index is 2.11. The summed E-state index contributed by atoms with van der Waals surface area (Å²) in [5, 5.41) is 21.2. The summed E-state index contributed by atoms with van der Waals surface area (Å²) in [7, 11) is 0. The number of benzene rings is 2. The Hall–Kier alpha value is -2.66. The van der Waals surface area contributed by atoms with E-state index in [-0.39, 0.29) is 12.5 Å². The minimum atomic E-state index is -0.699. The lowest BCUT2D eigenvalue weighted by Crippen LogP contribution is -2.45. The largest absolute Gasteiger partial charge is 0.394 e. The Kier molecular flexibility index (Phi) is 4.62. The van der Waals surface area contributed by atoms with E-state index in [9.17, 15) is 15.2 Å². The lowest BCUT2D eigenvalue weighted by molar-refractivity contribution is -0.403. The fourth-order valence-corrected chi connectivity index (χ4v) is 3.76. The van der Waals surface area contributed by atoms with Crippen molar-refractivity contribution >= 4 is 0 Å². The van der Waals surface area contributed by atoms with Crippen LogP contribution in [0, 0.1) is 10.1 Å². The number of aliphatic hydroxyl groups excluding tert-OH is 1. The predicted octanol–water partition coefficient (Wildman–Crippen LogP) is 3.11. The van der Waals surface area contributed by atoms with Crippen LogP contribution >= 0.6 is 0 Å². The summed E-state index contributed by atoms with van der Waals surface area (Å²) in [4.78, 5) is 12.2. The average molecular weight is 324 g/mol. The van der Waals surface area contributed by atoms with Gasteiger partial charge in [0.1, 0.15) is 0 Å². The third-order valence-corrected chi connectivity index (χ3v) is 4.83. The van der Waals surface area contributed by atoms with E-state index < -0.39 is 10.5 Å². The van der Waals surface area contributed by atoms with Gasteiger partial charge in [-0.2, -0.15) is 0 Å². The maximum Gasteiger partial charge on any atom is 0.250 e. The lowest BCUT2D eigenvalue weighted by Gasteiger charge is -2.41. The maximum absolute atomic E-state index is 10.8. The Bertz CT molecular complexity index is 718. The summed E-state index contributed by atoms with van der Waals surface area (Å²) < 4.78 is 0. The van der Waals surface area contributed by atoms with Gasteiger partial charge in [0.2, 0.25) is 6.20 Å². The molecule has 0 saturated carbocycles. The van der Waals surface area contributed by atoms with Crippen molar-refractivity contribution in [2.45, 2.75) is 17.9 Å². The average Bonchev–Trinajstić information content (AvgIpc) is 3.01. The van der Waals surface area contributed by atoms with Crippen molar-refractivity contribution in [3.05, 3.63) is 94.3 Å². The molecule has 2 atom stereocenters. The summed E-state index contributed by atoms with van der Waals surface area (Å²) >= 11 is 0. The molecule has 0 bridgehead atoms. The standard InChI is InChI=1S/C19H20N2O3/c22-15-19(17-9-5-2-6-10-17)18(16-7-3-1-4-8-16)11-12-20(19)13-14-21(23)24/h1-10,13-14,18,22H,11-12,15H2. The highest BCUT2D eigenvalue weighted by molar-refractivity contribution is 5.36. The van der Waals surface area contributed by atoms with Crippen LogP contribution in [0.25, 0.3) is 0 Å². The molecule has 2 aromatic rings. The monoisotopic (exact) mass is 324 g/mol. The Morgan fingerprint density at radius 1 is 1.17 bits per heavy atom. The van der Waals surface area contributed by atoms with Crippen LogP contribution in [-0.4, -0.2) is 28.1 Å². The maximum atomic E-state index is 10.8. The molecule has 3 rings (SSSR count). The second kappa shape index (κ2) is 6.84. The Morgan fingerprint density at radius 3 is 2.38 bits per heavy atom. The van der Waals surface area contributed by atoms with Crippen molar-refractivity contribution in [1.82, 2.24) is 4.90 Å². The van der Waals surface area contributed by atoms with Crippen LogP contribution in [0.4, 0.5) is 0 Å². The van der Waals surface area contributed by atoms with E-state index in [4.69, 9.17) is 0 Å². The van der Waals surface area contributed by atoms with Crippen LogP contribution in [0.1, 0.15) is 23.5 Å². The van der Waals surface area contributed by atoms with E-state index in [0.717, 1.165) is 23.7 Å². The van der Waals surface area contributed by atoms with Crippen LogP contribution in [0.15, 0.2) is 73.1 Å². The number of hydrogen-bond acceptors (Lipinski definition) is 4. The van der Waals surface area contributed by atoms with Crippen molar-refractivity contribution in [3.8, 4) is 0 Å². The van der Waals surface area contributed by atoms with E-state index in [2.05, 4.69) is 12.1 Å². The summed E-state index contributed by atoms with van der Waals surface area (Å²) in [5.41, 5.74) is 1.40. The lowest BCUT2D eigenvalue weighted by atomic mass is 9.75. The molecule has 0 radical (unpaired) electrons. The van der Waals surface area contributed by atoms with Gasteiger partial charge in [0.05, 0.1) is 23.3 Å². The number of aliphatic hydroxyl groups is 1. The van der Waals surface area contributed by atoms with Gasteiger partial charge >= 0.3 is 0 Å². The van der Waals surface area contributed by atoms with Crippen molar-refractivity contribution in [2.75, 3.05) is 13.2 Å². The zero-order chi connectivity index (χ0) is 17.0. The molecular formula is C19H20N2O3. The Morgan fingerprint density at radius 2 is 1.79 bits per heavy atom. The van der Waals surface area contributed by atoms with Gasteiger partial charge in [-0.25, -0.2) is 0 Å². The zero-order valence-electron chi connectivity index (χ0n) is 13.3. The minimum Gasteiger partial charge on any atom is -0.394 e. The van der Waals surface area contributed by atoms with E-state index in [0.29, 0.717) is 6.54 Å². The molecule has 1 N–H and O–H groups in total. The molecule has 124 valence electrons. The molecule has 0 amide bonds. The summed E-state index contributed by atoms with van der Waals surface area (Å²) in [6.45, 7) is 0.540. The second-order valence-electron chi connectivity index (χ2n) is 5.98. The molecule has 24 heavy (non-hydrogen) atoms. The number of likely N-dealkylation sites (tertiary alicyclic amines) is 1. The SMILES string of the molecule is O=[N+]([O-])C=CN1CCC(c2ccccc2)C1(CO)c1ccccc1. The van der Waals surface area contributed by atoms with Crippen molar-refractivity contribution in [1.29, 1.82) is 0 Å². The number of nitro groups is 1. The van der Waals surface area contributed by atoms with E-state index >= 15 is 0 Å². The van der Waals surface area contributed by atoms with Crippen LogP contribution in [0.5, 0.6) is 0 Å². The number of nitrogens with zero attached hydrogens (tertiary/aromatic N) is 2. The topological polar surface area (TPSA) is 66.6 Å². The first-order chi connectivity index (χ1) is 11.7. The van der Waals surface area contributed by atoms with Crippen LogP contribution in [0.2, 0.25) is 0 Å². The number of rotatable bonds is 5. The molecule has 1 fully saturated rings. The molecule has 1 saturated heterocycles. The van der Waals surface area contributed by atoms with Gasteiger partial charge < -0.3 is 10.0 Å². The summed E-state index contributed by atoms with van der Waals surface area (Å²) in [5.74, 6) is 0.0579. The van der Waals surface area contributed by atoms with Crippen molar-refractivity contribution < 1.29 is 10.0 Å². The highest BCUT2D eigenvalue weighted by atomic mass is 16.6. The fraction of sp³-hybridized carbons (Fsp3) is 0.263. The third kappa shape index (κ3) is 2.78. The van der Waals surface area contributed by atoms with Gasteiger partial charge in [-0.15, -0.1) is 0 Å². The van der Waals surface area contributed by atoms with Crippen molar-refractivity contribution in [2.24, 2.45) is 0 Å². The van der Waals surface area contributed by atoms with Gasteiger partial charge in [0.25, 0.3) is 0 Å². The summed E-state index contributed by atoms with van der Waals surface area (Å²) in [6, 6.07) is 19.8. The number of hydrogen-bond donors (Lipinski definition) is 1. The van der Waals surface area contributed by atoms with Crippen LogP contribution in [0.3, 0.4) is 0 Å². The summed E-state index contributed by atoms with van der Waals surface area (Å²) in [6.07, 6.45) is 3.26. The molecule has 1 aliphatic rings. The van der Waals surface area contributed by atoms with E-state index in [1.807, 2.05) is 53.4 Å². The van der Waals surface area contributed by atoms with Gasteiger partial charge in [0.15, 0.2) is 0 Å². The third-order valence-electron chi connectivity index (χ3n) is 4.83. The highest BCUT2D eigenvalue weighted by Crippen LogP contribution is 2.49. The quantitative estimate of drug-likeness (QED) is 0.678. The van der Waals surface area contributed by atoms with Gasteiger partial charge in [0, 0.05) is 12.5 Å². The molecule has 2 aromatic carbocycles. The van der Waals surface area contributed by atoms with E-state index in [1.54, 1.807) is 0 Å². The molecular weight excluding hydrogens is 304 g/mol.